The summed E-state index contributed by atoms with van der Waals surface area (Å²) in [4.78, 5) is 13.4. The molecule has 0 aliphatic heterocycles. The molecule has 0 saturated carbocycles. The zero-order valence-electron chi connectivity index (χ0n) is 27.2. The van der Waals surface area contributed by atoms with E-state index in [9.17, 15) is 20.1 Å². The maximum atomic E-state index is 13.0. The number of aromatic nitrogens is 3. The van der Waals surface area contributed by atoms with Crippen molar-refractivity contribution in [1.29, 1.82) is 0 Å². The van der Waals surface area contributed by atoms with E-state index in [1.807, 2.05) is 103 Å². The molecule has 13 heteroatoms. The molecule has 0 bridgehead atoms. The number of amides is 1. The lowest BCUT2D eigenvalue weighted by molar-refractivity contribution is -0.121. The van der Waals surface area contributed by atoms with Crippen molar-refractivity contribution in [2.45, 2.75) is 24.9 Å². The van der Waals surface area contributed by atoms with Gasteiger partial charge in [-0.05, 0) is 28.8 Å². The van der Waals surface area contributed by atoms with E-state index in [1.165, 1.54) is 11.3 Å². The number of benzene rings is 4. The smallest absolute Gasteiger partial charge is 0.260 e. The number of hydrazone groups is 1. The van der Waals surface area contributed by atoms with Gasteiger partial charge in [-0.1, -0.05) is 103 Å². The molecule has 6 aromatic rings. The summed E-state index contributed by atoms with van der Waals surface area (Å²) in [5.41, 5.74) is 9.37. The van der Waals surface area contributed by atoms with Gasteiger partial charge in [-0.2, -0.15) is 15.3 Å². The van der Waals surface area contributed by atoms with E-state index in [1.54, 1.807) is 15.5 Å². The Morgan fingerprint density at radius 2 is 1.43 bits per heavy atom. The first-order valence-electron chi connectivity index (χ1n) is 16.0. The van der Waals surface area contributed by atoms with Gasteiger partial charge in [0.15, 0.2) is 0 Å². The van der Waals surface area contributed by atoms with E-state index >= 15 is 0 Å². The average molecular weight is 702 g/mol. The zero-order valence-corrected chi connectivity index (χ0v) is 28.0. The van der Waals surface area contributed by atoms with Gasteiger partial charge in [0.2, 0.25) is 4.80 Å². The molecule has 2 heterocycles. The van der Waals surface area contributed by atoms with Gasteiger partial charge in [0.05, 0.1) is 30.4 Å². The van der Waals surface area contributed by atoms with Crippen LogP contribution in [0.2, 0.25) is 0 Å². The van der Waals surface area contributed by atoms with Gasteiger partial charge in [0.25, 0.3) is 5.91 Å². The Bertz CT molecular complexity index is 2160. The van der Waals surface area contributed by atoms with Crippen molar-refractivity contribution >= 4 is 29.7 Å². The quantitative estimate of drug-likeness (QED) is 0.0905. The number of carbonyl (C=O) groups excluding carboxylic acids is 1. The minimum absolute atomic E-state index is 0.192. The summed E-state index contributed by atoms with van der Waals surface area (Å²) in [7, 11) is 0. The fraction of sp³-hybridized carbons (Fsp3) is 0.132. The first-order valence-corrected chi connectivity index (χ1v) is 16.9. The molecule has 0 aliphatic carbocycles. The molecule has 4 aromatic carbocycles. The summed E-state index contributed by atoms with van der Waals surface area (Å²) >= 11 is 1.31. The van der Waals surface area contributed by atoms with E-state index < -0.39 is 30.8 Å². The Morgan fingerprint density at radius 3 is 2.10 bits per heavy atom. The van der Waals surface area contributed by atoms with Crippen LogP contribution >= 0.6 is 11.3 Å². The second kappa shape index (κ2) is 16.7. The van der Waals surface area contributed by atoms with Crippen LogP contribution in [0.5, 0.6) is 0 Å². The number of aliphatic hydroxyl groups is 4. The maximum absolute atomic E-state index is 13.0. The van der Waals surface area contributed by atoms with Gasteiger partial charge in [-0.25, -0.2) is 10.1 Å². The molecule has 0 spiro atoms. The number of nitrogens with zero attached hydrogens (tertiary/aromatic N) is 6. The van der Waals surface area contributed by atoms with Crippen molar-refractivity contribution in [2.75, 3.05) is 6.61 Å². The molecule has 258 valence electrons. The Hall–Kier alpha value is -5.83. The number of nitrogens with one attached hydrogen (secondary N) is 1. The summed E-state index contributed by atoms with van der Waals surface area (Å²) in [6, 6.07) is 37.6. The standard InChI is InChI=1S/C38H35N7O5S/c46-24-34(48)37(50)33(47)21-40-41-35(49)23-44-32(28-12-6-2-7-13-28)25-51-38(44)42-39-20-30-22-45(31-14-8-3-9-15-31)43-36(30)29-18-16-27(17-19-29)26-10-4-1-5-11-26/h1-22,25,33-34,37,46-48,50H,23-24H2,(H,41,49)/b39-20+,40-21+,42-38-/t33-,34+,37+/m0/s1. The Kier molecular flexibility index (Phi) is 11.5. The minimum atomic E-state index is -1.68. The predicted molar refractivity (Wildman–Crippen MR) is 197 cm³/mol. The largest absolute Gasteiger partial charge is 0.394 e. The van der Waals surface area contributed by atoms with Gasteiger partial charge in [-0.15, -0.1) is 16.4 Å². The molecule has 1 amide bonds. The van der Waals surface area contributed by atoms with Gasteiger partial charge in [-0.3, -0.25) is 4.79 Å². The molecule has 3 atom stereocenters. The fourth-order valence-electron chi connectivity index (χ4n) is 5.20. The molecule has 0 radical (unpaired) electrons. The van der Waals surface area contributed by atoms with Gasteiger partial charge >= 0.3 is 0 Å². The zero-order chi connectivity index (χ0) is 35.6. The maximum Gasteiger partial charge on any atom is 0.260 e. The number of hydrogen-bond acceptors (Lipinski definition) is 10. The predicted octanol–water partition coefficient (Wildman–Crippen LogP) is 3.85. The Morgan fingerprint density at radius 1 is 0.824 bits per heavy atom. The highest BCUT2D eigenvalue weighted by atomic mass is 32.1. The molecule has 0 fully saturated rings. The molecular weight excluding hydrogens is 667 g/mol. The van der Waals surface area contributed by atoms with Crippen LogP contribution in [0.1, 0.15) is 5.56 Å². The molecule has 12 nitrogen and oxygen atoms in total. The number of carbonyl (C=O) groups is 1. The number of para-hydroxylation sites is 1. The van der Waals surface area contributed by atoms with Gasteiger partial charge in [0, 0.05) is 22.7 Å². The molecule has 51 heavy (non-hydrogen) atoms. The number of rotatable bonds is 13. The molecule has 0 unspecified atom stereocenters. The highest BCUT2D eigenvalue weighted by molar-refractivity contribution is 7.07. The van der Waals surface area contributed by atoms with Crippen LogP contribution in [-0.4, -0.2) is 78.0 Å². The topological polar surface area (TPSA) is 170 Å². The van der Waals surface area contributed by atoms with Crippen LogP contribution in [0.15, 0.2) is 142 Å². The van der Waals surface area contributed by atoms with Crippen molar-refractivity contribution < 1.29 is 25.2 Å². The summed E-state index contributed by atoms with van der Waals surface area (Å²) in [6.45, 7) is -0.939. The second-order valence-corrected chi connectivity index (χ2v) is 12.2. The lowest BCUT2D eigenvalue weighted by atomic mass is 10.0. The van der Waals surface area contributed by atoms with Crippen LogP contribution in [0.4, 0.5) is 0 Å². The third-order valence-corrected chi connectivity index (χ3v) is 8.74. The minimum Gasteiger partial charge on any atom is -0.394 e. The van der Waals surface area contributed by atoms with Crippen LogP contribution < -0.4 is 10.2 Å². The lowest BCUT2D eigenvalue weighted by Crippen LogP contribution is -2.40. The third-order valence-electron chi connectivity index (χ3n) is 7.89. The summed E-state index contributed by atoms with van der Waals surface area (Å²) < 4.78 is 3.49. The van der Waals surface area contributed by atoms with Crippen LogP contribution in [-0.2, 0) is 11.3 Å². The average Bonchev–Trinajstić information content (AvgIpc) is 3.79. The first-order chi connectivity index (χ1) is 24.9. The fourth-order valence-corrected chi connectivity index (χ4v) is 6.07. The van der Waals surface area contributed by atoms with Crippen LogP contribution in [0, 0.1) is 0 Å². The van der Waals surface area contributed by atoms with Crippen LogP contribution in [0.25, 0.3) is 39.3 Å². The van der Waals surface area contributed by atoms with Crippen molar-refractivity contribution in [3.8, 4) is 39.3 Å². The Labute approximate surface area is 297 Å². The van der Waals surface area contributed by atoms with E-state index in [-0.39, 0.29) is 6.54 Å². The summed E-state index contributed by atoms with van der Waals surface area (Å²) in [5, 5.41) is 57.7. The Balaban J connectivity index is 1.30. The van der Waals surface area contributed by atoms with Gasteiger partial charge < -0.3 is 25.0 Å². The normalized spacial score (nSPS) is 13.8. The molecule has 0 saturated heterocycles. The monoisotopic (exact) mass is 701 g/mol. The summed E-state index contributed by atoms with van der Waals surface area (Å²) in [5.74, 6) is -0.540. The van der Waals surface area contributed by atoms with E-state index in [0.717, 1.165) is 51.1 Å². The van der Waals surface area contributed by atoms with E-state index in [4.69, 9.17) is 10.2 Å². The highest BCUT2D eigenvalue weighted by Crippen LogP contribution is 2.27. The number of aliphatic hydroxyl groups excluding tert-OH is 4. The van der Waals surface area contributed by atoms with Crippen molar-refractivity contribution in [1.82, 2.24) is 19.8 Å². The molecule has 5 N–H and O–H groups in total. The SMILES string of the molecule is O=C(Cn1c(-c2ccccc2)cs/c1=N\N=C\c1cn(-c2ccccc2)nc1-c1ccc(-c2ccccc2)cc1)N/N=C/[C@H](O)[C@@H](O)[C@H](O)CO. The third kappa shape index (κ3) is 8.67. The molecular formula is C38H35N7O5S. The highest BCUT2D eigenvalue weighted by Gasteiger charge is 2.22. The molecule has 0 aliphatic rings. The molecule has 2 aromatic heterocycles. The summed E-state index contributed by atoms with van der Waals surface area (Å²) in [6.07, 6.45) is -0.455. The second-order valence-electron chi connectivity index (χ2n) is 11.4. The number of thiazole rings is 1. The van der Waals surface area contributed by atoms with Crippen molar-refractivity contribution in [2.24, 2.45) is 15.3 Å². The van der Waals surface area contributed by atoms with Gasteiger partial charge in [0.1, 0.15) is 30.6 Å². The number of hydrogen-bond donors (Lipinski definition) is 5. The first kappa shape index (κ1) is 35.0. The molecule has 6 rings (SSSR count). The van der Waals surface area contributed by atoms with Crippen molar-refractivity contribution in [3.05, 3.63) is 137 Å². The lowest BCUT2D eigenvalue weighted by Gasteiger charge is -2.18. The van der Waals surface area contributed by atoms with E-state index in [0.29, 0.717) is 4.80 Å². The van der Waals surface area contributed by atoms with Crippen LogP contribution in [0.3, 0.4) is 0 Å². The van der Waals surface area contributed by atoms with Crippen molar-refractivity contribution in [3.63, 3.8) is 0 Å². The van der Waals surface area contributed by atoms with E-state index in [2.05, 4.69) is 45.0 Å².